The number of nitrogens with one attached hydrogen (secondary N) is 1. The van der Waals surface area contributed by atoms with Gasteiger partial charge in [-0.15, -0.1) is 0 Å². The van der Waals surface area contributed by atoms with Crippen LogP contribution < -0.4 is 10.2 Å². The number of nitrogens with zero attached hydrogens (tertiary/aromatic N) is 1. The summed E-state index contributed by atoms with van der Waals surface area (Å²) in [6.45, 7) is 5.66. The van der Waals surface area contributed by atoms with Crippen LogP contribution in [0.2, 0.25) is 0 Å². The van der Waals surface area contributed by atoms with Crippen molar-refractivity contribution < 1.29 is 4.39 Å². The highest BCUT2D eigenvalue weighted by atomic mass is 19.1. The van der Waals surface area contributed by atoms with Crippen molar-refractivity contribution in [2.75, 3.05) is 24.5 Å². The Kier molecular flexibility index (Phi) is 5.64. The van der Waals surface area contributed by atoms with Gasteiger partial charge in [0.25, 0.3) is 0 Å². The minimum atomic E-state index is -0.0829. The van der Waals surface area contributed by atoms with Crippen LogP contribution in [0.5, 0.6) is 0 Å². The van der Waals surface area contributed by atoms with Crippen LogP contribution in [0, 0.1) is 5.82 Å². The number of benzene rings is 1. The Morgan fingerprint density at radius 3 is 2.47 bits per heavy atom. The van der Waals surface area contributed by atoms with Gasteiger partial charge in [0, 0.05) is 30.9 Å². The van der Waals surface area contributed by atoms with E-state index in [0.717, 1.165) is 30.9 Å². The summed E-state index contributed by atoms with van der Waals surface area (Å²) in [5.41, 5.74) is 1.91. The van der Waals surface area contributed by atoms with E-state index in [2.05, 4.69) is 23.2 Å². The molecule has 0 amide bonds. The van der Waals surface area contributed by atoms with Crippen molar-refractivity contribution in [3.8, 4) is 0 Å². The van der Waals surface area contributed by atoms with Crippen LogP contribution in [0.3, 0.4) is 0 Å². The lowest BCUT2D eigenvalue weighted by Crippen LogP contribution is -2.29. The average molecular weight is 264 g/mol. The van der Waals surface area contributed by atoms with Gasteiger partial charge in [-0.2, -0.15) is 0 Å². The predicted molar refractivity (Wildman–Crippen MR) is 79.1 cm³/mol. The van der Waals surface area contributed by atoms with Gasteiger partial charge < -0.3 is 10.2 Å². The van der Waals surface area contributed by atoms with Gasteiger partial charge >= 0.3 is 0 Å². The van der Waals surface area contributed by atoms with Crippen LogP contribution in [0.15, 0.2) is 18.2 Å². The molecule has 106 valence electrons. The zero-order valence-corrected chi connectivity index (χ0v) is 11.9. The zero-order valence-electron chi connectivity index (χ0n) is 11.9. The van der Waals surface area contributed by atoms with Crippen molar-refractivity contribution in [2.45, 2.75) is 45.6 Å². The van der Waals surface area contributed by atoms with Crippen LogP contribution in [-0.2, 0) is 6.54 Å². The molecule has 1 aliphatic rings. The van der Waals surface area contributed by atoms with E-state index in [0.29, 0.717) is 6.54 Å². The number of anilines is 1. The Balaban J connectivity index is 2.18. The van der Waals surface area contributed by atoms with Gasteiger partial charge in [0.1, 0.15) is 5.82 Å². The third-order valence-corrected chi connectivity index (χ3v) is 3.84. The lowest BCUT2D eigenvalue weighted by molar-refractivity contribution is 0.549. The summed E-state index contributed by atoms with van der Waals surface area (Å²) < 4.78 is 14.0. The minimum absolute atomic E-state index is 0.0829. The molecule has 0 aliphatic carbocycles. The monoisotopic (exact) mass is 264 g/mol. The number of hydrogen-bond acceptors (Lipinski definition) is 2. The van der Waals surface area contributed by atoms with Crippen molar-refractivity contribution in [3.05, 3.63) is 29.6 Å². The smallest absolute Gasteiger partial charge is 0.129 e. The van der Waals surface area contributed by atoms with Gasteiger partial charge in [-0.1, -0.05) is 32.3 Å². The lowest BCUT2D eigenvalue weighted by atomic mass is 10.1. The summed E-state index contributed by atoms with van der Waals surface area (Å²) in [6, 6.07) is 5.47. The molecule has 1 saturated heterocycles. The summed E-state index contributed by atoms with van der Waals surface area (Å²) >= 11 is 0. The van der Waals surface area contributed by atoms with Crippen molar-refractivity contribution in [1.29, 1.82) is 0 Å². The number of halogens is 1. The molecule has 0 saturated carbocycles. The van der Waals surface area contributed by atoms with Crippen molar-refractivity contribution in [2.24, 2.45) is 0 Å². The third kappa shape index (κ3) is 3.93. The molecule has 1 fully saturated rings. The third-order valence-electron chi connectivity index (χ3n) is 3.84. The fourth-order valence-corrected chi connectivity index (χ4v) is 2.76. The average Bonchev–Trinajstić information content (AvgIpc) is 2.37. The second-order valence-corrected chi connectivity index (χ2v) is 5.27. The van der Waals surface area contributed by atoms with Crippen LogP contribution in [0.1, 0.15) is 44.6 Å². The van der Waals surface area contributed by atoms with E-state index in [1.807, 2.05) is 6.07 Å². The fraction of sp³-hybridized carbons (Fsp3) is 0.625. The van der Waals surface area contributed by atoms with Crippen LogP contribution in [0.4, 0.5) is 10.1 Å². The molecule has 19 heavy (non-hydrogen) atoms. The molecule has 0 radical (unpaired) electrons. The predicted octanol–water partition coefficient (Wildman–Crippen LogP) is 3.71. The molecule has 0 unspecified atom stereocenters. The maximum atomic E-state index is 14.0. The van der Waals surface area contributed by atoms with Crippen molar-refractivity contribution in [3.63, 3.8) is 0 Å². The van der Waals surface area contributed by atoms with Gasteiger partial charge in [-0.3, -0.25) is 0 Å². The van der Waals surface area contributed by atoms with E-state index in [1.54, 1.807) is 6.07 Å². The quantitative estimate of drug-likeness (QED) is 0.892. The lowest BCUT2D eigenvalue weighted by Gasteiger charge is -2.29. The molecular weight excluding hydrogens is 239 g/mol. The van der Waals surface area contributed by atoms with E-state index in [1.165, 1.54) is 32.1 Å². The van der Waals surface area contributed by atoms with Gasteiger partial charge in [0.05, 0.1) is 0 Å². The SMILES string of the molecule is CCNCc1c(F)cccc1N1CCCCCCC1. The molecule has 1 aliphatic heterocycles. The first-order valence-corrected chi connectivity index (χ1v) is 7.56. The molecular formula is C16H25FN2. The molecule has 0 atom stereocenters. The first-order chi connectivity index (χ1) is 9.33. The second-order valence-electron chi connectivity index (χ2n) is 5.27. The van der Waals surface area contributed by atoms with E-state index >= 15 is 0 Å². The molecule has 0 aromatic heterocycles. The molecule has 1 heterocycles. The highest BCUT2D eigenvalue weighted by Gasteiger charge is 2.15. The van der Waals surface area contributed by atoms with Crippen LogP contribution >= 0.6 is 0 Å². The zero-order chi connectivity index (χ0) is 13.5. The van der Waals surface area contributed by atoms with E-state index in [-0.39, 0.29) is 5.82 Å². The molecule has 2 nitrogen and oxygen atoms in total. The Labute approximate surface area is 116 Å². The molecule has 2 rings (SSSR count). The summed E-state index contributed by atoms with van der Waals surface area (Å²) in [5, 5.41) is 3.25. The van der Waals surface area contributed by atoms with Gasteiger partial charge in [-0.05, 0) is 31.5 Å². The molecule has 3 heteroatoms. The second kappa shape index (κ2) is 7.49. The summed E-state index contributed by atoms with van der Waals surface area (Å²) in [5.74, 6) is -0.0829. The highest BCUT2D eigenvalue weighted by Crippen LogP contribution is 2.25. The first kappa shape index (κ1) is 14.3. The van der Waals surface area contributed by atoms with Crippen LogP contribution in [0.25, 0.3) is 0 Å². The maximum Gasteiger partial charge on any atom is 0.129 e. The van der Waals surface area contributed by atoms with Crippen LogP contribution in [-0.4, -0.2) is 19.6 Å². The Hall–Kier alpha value is -1.09. The summed E-state index contributed by atoms with van der Waals surface area (Å²) in [7, 11) is 0. The standard InChI is InChI=1S/C16H25FN2/c1-2-18-13-14-15(17)9-8-10-16(14)19-11-6-4-3-5-7-12-19/h8-10,18H,2-7,11-13H2,1H3. The first-order valence-electron chi connectivity index (χ1n) is 7.56. The van der Waals surface area contributed by atoms with Gasteiger partial charge in [0.15, 0.2) is 0 Å². The summed E-state index contributed by atoms with van der Waals surface area (Å²) in [4.78, 5) is 2.37. The Morgan fingerprint density at radius 2 is 1.79 bits per heavy atom. The largest absolute Gasteiger partial charge is 0.371 e. The van der Waals surface area contributed by atoms with E-state index < -0.39 is 0 Å². The fourth-order valence-electron chi connectivity index (χ4n) is 2.76. The number of rotatable bonds is 4. The van der Waals surface area contributed by atoms with Gasteiger partial charge in [0.2, 0.25) is 0 Å². The molecule has 0 bridgehead atoms. The minimum Gasteiger partial charge on any atom is -0.371 e. The normalized spacial score (nSPS) is 17.1. The topological polar surface area (TPSA) is 15.3 Å². The number of hydrogen-bond donors (Lipinski definition) is 1. The molecule has 0 spiro atoms. The van der Waals surface area contributed by atoms with E-state index in [4.69, 9.17) is 0 Å². The Morgan fingerprint density at radius 1 is 1.11 bits per heavy atom. The molecule has 1 aromatic rings. The van der Waals surface area contributed by atoms with Crippen molar-refractivity contribution in [1.82, 2.24) is 5.32 Å². The van der Waals surface area contributed by atoms with Crippen molar-refractivity contribution >= 4 is 5.69 Å². The van der Waals surface area contributed by atoms with E-state index in [9.17, 15) is 4.39 Å². The van der Waals surface area contributed by atoms with Gasteiger partial charge in [-0.25, -0.2) is 4.39 Å². The Bertz CT molecular complexity index is 384. The summed E-state index contributed by atoms with van der Waals surface area (Å²) in [6.07, 6.45) is 6.39. The molecule has 1 N–H and O–H groups in total. The highest BCUT2D eigenvalue weighted by molar-refractivity contribution is 5.54. The molecule has 1 aromatic carbocycles. The maximum absolute atomic E-state index is 14.0.